The molecule has 6 rings (SSSR count). The van der Waals surface area contributed by atoms with Gasteiger partial charge in [0.25, 0.3) is 10.0 Å². The quantitative estimate of drug-likeness (QED) is 0.332. The molecule has 10 nitrogen and oxygen atoms in total. The molecule has 11 heteroatoms. The van der Waals surface area contributed by atoms with E-state index < -0.39 is 45.9 Å². The Kier molecular flexibility index (Phi) is 6.11. The minimum atomic E-state index is -4.07. The molecule has 0 saturated carbocycles. The Morgan fingerprint density at radius 3 is 2.60 bits per heavy atom. The van der Waals surface area contributed by atoms with E-state index in [0.717, 1.165) is 22.6 Å². The number of aromatic nitrogens is 2. The molecule has 4 atom stereocenters. The van der Waals surface area contributed by atoms with Gasteiger partial charge in [0.05, 0.1) is 60.5 Å². The number of benzene rings is 2. The fourth-order valence-electron chi connectivity index (χ4n) is 6.39. The number of carbonyl (C=O) groups is 2. The lowest BCUT2D eigenvalue weighted by Gasteiger charge is -2.47. The van der Waals surface area contributed by atoms with Crippen LogP contribution in [0.25, 0.3) is 11.1 Å². The minimum Gasteiger partial charge on any atom is -0.543 e. The van der Waals surface area contributed by atoms with Crippen LogP contribution in [-0.2, 0) is 39.6 Å². The molecule has 1 N–H and O–H groups in total. The van der Waals surface area contributed by atoms with Gasteiger partial charge in [-0.15, -0.1) is 0 Å². The number of sulfonamides is 1. The predicted molar refractivity (Wildman–Crippen MR) is 143 cm³/mol. The predicted octanol–water partition coefficient (Wildman–Crippen LogP) is 0.593. The maximum Gasteiger partial charge on any atom is 0.265 e. The van der Waals surface area contributed by atoms with Crippen molar-refractivity contribution in [3.05, 3.63) is 78.0 Å². The van der Waals surface area contributed by atoms with Crippen molar-refractivity contribution < 1.29 is 32.8 Å². The first-order valence-corrected chi connectivity index (χ1v) is 14.7. The van der Waals surface area contributed by atoms with Gasteiger partial charge in [-0.25, -0.2) is 17.6 Å². The van der Waals surface area contributed by atoms with E-state index in [-0.39, 0.29) is 17.1 Å². The van der Waals surface area contributed by atoms with Gasteiger partial charge in [0.2, 0.25) is 12.2 Å². The number of hydrogen-bond donors (Lipinski definition) is 1. The van der Waals surface area contributed by atoms with Crippen LogP contribution in [0.15, 0.2) is 77.4 Å². The number of hydrogen-bond acceptors (Lipinski definition) is 6. The van der Waals surface area contributed by atoms with Gasteiger partial charge in [-0.3, -0.25) is 9.10 Å². The van der Waals surface area contributed by atoms with Crippen molar-refractivity contribution in [2.45, 2.75) is 43.9 Å². The zero-order chi connectivity index (χ0) is 28.5. The van der Waals surface area contributed by atoms with Crippen molar-refractivity contribution in [3.63, 3.8) is 0 Å². The number of anilines is 1. The Morgan fingerprint density at radius 2 is 1.93 bits per heavy atom. The van der Waals surface area contributed by atoms with Crippen LogP contribution >= 0.6 is 0 Å². The number of imidazole rings is 1. The van der Waals surface area contributed by atoms with Crippen molar-refractivity contribution in [3.8, 4) is 11.1 Å². The number of carboxylic acid groups (broad SMARTS) is 1. The highest BCUT2D eigenvalue weighted by Gasteiger charge is 2.59. The molecule has 2 aromatic carbocycles. The van der Waals surface area contributed by atoms with Crippen LogP contribution < -0.4 is 14.0 Å². The van der Waals surface area contributed by atoms with E-state index in [4.69, 9.17) is 0 Å². The number of amides is 1. The number of β-lactam (4-membered cyclic amide) rings is 1. The number of carbonyl (C=O) groups excluding carboxylic acids is 2. The molecule has 0 spiro atoms. The topological polar surface area (TPSA) is 127 Å². The average molecular weight is 563 g/mol. The molecule has 1 amide bonds. The van der Waals surface area contributed by atoms with Crippen LogP contribution in [0.2, 0.25) is 0 Å². The highest BCUT2D eigenvalue weighted by atomic mass is 32.2. The second kappa shape index (κ2) is 9.31. The summed E-state index contributed by atoms with van der Waals surface area (Å²) in [6.07, 6.45) is 5.67. The first kappa shape index (κ1) is 26.3. The molecule has 40 heavy (non-hydrogen) atoms. The molecular formula is C29H30N4O6S. The lowest BCUT2D eigenvalue weighted by Crippen LogP contribution is -2.64. The summed E-state index contributed by atoms with van der Waals surface area (Å²) in [5, 5.41) is 22.4. The van der Waals surface area contributed by atoms with Crippen LogP contribution in [0, 0.1) is 11.8 Å². The lowest BCUT2D eigenvalue weighted by molar-refractivity contribution is -0.671. The first-order valence-electron chi connectivity index (χ1n) is 13.2. The van der Waals surface area contributed by atoms with Crippen LogP contribution in [0.3, 0.4) is 0 Å². The summed E-state index contributed by atoms with van der Waals surface area (Å²) >= 11 is 0. The van der Waals surface area contributed by atoms with E-state index >= 15 is 0 Å². The SMILES string of the molecule is C[C@@H](O)[C@H]1C(=O)N2C(C(=O)[O-])=C(CN3c4ccccc4-c4cc(CCn5cc[n+](C)c5)ccc4S3(=O)=O)[C@H](C)[C@H]12. The van der Waals surface area contributed by atoms with Crippen molar-refractivity contribution in [2.75, 3.05) is 10.8 Å². The largest absolute Gasteiger partial charge is 0.543 e. The molecule has 3 aromatic rings. The van der Waals surface area contributed by atoms with Crippen molar-refractivity contribution >= 4 is 27.6 Å². The van der Waals surface area contributed by atoms with Gasteiger partial charge in [0.1, 0.15) is 12.4 Å². The molecule has 0 unspecified atom stereocenters. The molecule has 4 heterocycles. The zero-order valence-corrected chi connectivity index (χ0v) is 23.2. The van der Waals surface area contributed by atoms with Gasteiger partial charge in [-0.05, 0) is 36.3 Å². The van der Waals surface area contributed by atoms with E-state index in [1.54, 1.807) is 25.1 Å². The van der Waals surface area contributed by atoms with Crippen LogP contribution in [0.5, 0.6) is 0 Å². The molecule has 208 valence electrons. The minimum absolute atomic E-state index is 0.143. The van der Waals surface area contributed by atoms with Crippen LogP contribution in [0.1, 0.15) is 19.4 Å². The van der Waals surface area contributed by atoms with Gasteiger partial charge < -0.3 is 19.9 Å². The van der Waals surface area contributed by atoms with E-state index in [1.807, 2.05) is 54.6 Å². The van der Waals surface area contributed by atoms with E-state index in [1.165, 1.54) is 11.2 Å². The fourth-order valence-corrected chi connectivity index (χ4v) is 8.05. The number of aryl methyl sites for hydroxylation is 3. The number of rotatable bonds is 7. The fraction of sp³-hybridized carbons (Fsp3) is 0.345. The number of aliphatic hydroxyl groups excluding tert-OH is 1. The smallest absolute Gasteiger partial charge is 0.265 e. The molecular weight excluding hydrogens is 532 g/mol. The lowest BCUT2D eigenvalue weighted by atomic mass is 9.77. The summed E-state index contributed by atoms with van der Waals surface area (Å²) in [5.74, 6) is -3.26. The number of para-hydroxylation sites is 1. The average Bonchev–Trinajstić information content (AvgIpc) is 3.43. The van der Waals surface area contributed by atoms with Crippen molar-refractivity contribution in [1.82, 2.24) is 9.47 Å². The summed E-state index contributed by atoms with van der Waals surface area (Å²) in [4.78, 5) is 26.3. The third-order valence-electron chi connectivity index (χ3n) is 8.38. The molecule has 0 radical (unpaired) electrons. The molecule has 3 aliphatic heterocycles. The summed E-state index contributed by atoms with van der Waals surface area (Å²) < 4.78 is 33.4. The second-order valence-corrected chi connectivity index (χ2v) is 12.7. The maximum absolute atomic E-state index is 14.1. The third-order valence-corrected chi connectivity index (χ3v) is 10.2. The number of carboxylic acids is 1. The third kappa shape index (κ3) is 3.87. The summed E-state index contributed by atoms with van der Waals surface area (Å²) in [6.45, 7) is 3.75. The molecule has 1 aromatic heterocycles. The summed E-state index contributed by atoms with van der Waals surface area (Å²) in [7, 11) is -2.12. The van der Waals surface area contributed by atoms with Gasteiger partial charge in [0, 0.05) is 23.5 Å². The highest BCUT2D eigenvalue weighted by Crippen LogP contribution is 2.49. The van der Waals surface area contributed by atoms with Gasteiger partial charge >= 0.3 is 0 Å². The molecule has 1 saturated heterocycles. The van der Waals surface area contributed by atoms with Crippen molar-refractivity contribution in [1.29, 1.82) is 0 Å². The monoisotopic (exact) mass is 562 g/mol. The molecule has 0 bridgehead atoms. The summed E-state index contributed by atoms with van der Waals surface area (Å²) in [6, 6.07) is 11.9. The Balaban J connectivity index is 1.38. The van der Waals surface area contributed by atoms with Crippen LogP contribution in [-0.4, -0.2) is 53.6 Å². The van der Waals surface area contributed by atoms with Gasteiger partial charge in [0.15, 0.2) is 0 Å². The normalized spacial score (nSPS) is 23.4. The molecule has 3 aliphatic rings. The van der Waals surface area contributed by atoms with Gasteiger partial charge in [-0.1, -0.05) is 31.2 Å². The molecule has 1 fully saturated rings. The highest BCUT2D eigenvalue weighted by molar-refractivity contribution is 7.93. The van der Waals surface area contributed by atoms with E-state index in [2.05, 4.69) is 4.57 Å². The Morgan fingerprint density at radius 1 is 1.18 bits per heavy atom. The summed E-state index contributed by atoms with van der Waals surface area (Å²) in [5.41, 5.74) is 2.75. The Bertz CT molecular complexity index is 1690. The molecule has 0 aliphatic carbocycles. The maximum atomic E-state index is 14.1. The number of nitrogens with zero attached hydrogens (tertiary/aromatic N) is 4. The van der Waals surface area contributed by atoms with E-state index in [9.17, 15) is 28.2 Å². The zero-order valence-electron chi connectivity index (χ0n) is 22.4. The number of aliphatic carboxylic acids is 1. The number of fused-ring (bicyclic) bond motifs is 4. The standard InChI is InChI=1S/C29H30N4O6S/c1-17-22(27(29(36)37)33-26(17)25(18(2)34)28(33)35)15-32-23-7-5-4-6-20(23)21-14-19(8-9-24(21)40(32,38)39)10-11-31-13-12-30(3)16-31/h4-9,12-14,16-18,25-26,34H,10-11,15H2,1-3H3/t17-,18+,25+,26+/m0/s1. The Hall–Kier alpha value is -3.96. The van der Waals surface area contributed by atoms with E-state index in [0.29, 0.717) is 23.2 Å². The van der Waals surface area contributed by atoms with Gasteiger partial charge in [-0.2, -0.15) is 0 Å². The number of aliphatic hydroxyl groups is 1. The second-order valence-electron chi connectivity index (χ2n) is 10.8. The van der Waals surface area contributed by atoms with Crippen molar-refractivity contribution in [2.24, 2.45) is 18.9 Å². The first-order chi connectivity index (χ1) is 19.0. The van der Waals surface area contributed by atoms with Crippen LogP contribution in [0.4, 0.5) is 5.69 Å². The Labute approximate surface area is 232 Å².